The highest BCUT2D eigenvalue weighted by Crippen LogP contribution is 2.43. The van der Waals surface area contributed by atoms with E-state index in [9.17, 15) is 0 Å². The zero-order valence-corrected chi connectivity index (χ0v) is 22.9. The van der Waals surface area contributed by atoms with Crippen molar-refractivity contribution in [2.24, 2.45) is 0 Å². The molecule has 2 heterocycles. The number of aromatic nitrogens is 1. The van der Waals surface area contributed by atoms with Crippen LogP contribution in [0.25, 0.3) is 32.9 Å². The summed E-state index contributed by atoms with van der Waals surface area (Å²) in [6, 6.07) is 48.8. The van der Waals surface area contributed by atoms with Crippen LogP contribution in [0.15, 0.2) is 140 Å². The molecule has 0 radical (unpaired) electrons. The fraction of sp³-hybridized carbons (Fsp3) is 0.0263. The lowest BCUT2D eigenvalue weighted by Gasteiger charge is -2.23. The summed E-state index contributed by atoms with van der Waals surface area (Å²) in [6.45, 7) is 0. The van der Waals surface area contributed by atoms with Gasteiger partial charge in [-0.15, -0.1) is 0 Å². The largest absolute Gasteiger partial charge is 0.355 e. The lowest BCUT2D eigenvalue weighted by atomic mass is 9.91. The van der Waals surface area contributed by atoms with E-state index in [1.165, 1.54) is 27.9 Å². The first kappa shape index (κ1) is 24.2. The summed E-state index contributed by atoms with van der Waals surface area (Å²) < 4.78 is 0. The summed E-state index contributed by atoms with van der Waals surface area (Å²) in [4.78, 5) is 5.27. The van der Waals surface area contributed by atoms with Gasteiger partial charge in [0.2, 0.25) is 0 Å². The summed E-state index contributed by atoms with van der Waals surface area (Å²) in [6.07, 6.45) is 0.890. The zero-order chi connectivity index (χ0) is 27.9. The number of nitrogens with zero attached hydrogens (tertiary/aromatic N) is 1. The van der Waals surface area contributed by atoms with Gasteiger partial charge in [-0.2, -0.15) is 0 Å². The van der Waals surface area contributed by atoms with Crippen LogP contribution in [-0.2, 0) is 6.42 Å². The molecule has 0 spiro atoms. The predicted octanol–water partition coefficient (Wildman–Crippen LogP) is 10.2. The topological polar surface area (TPSA) is 49.0 Å². The highest BCUT2D eigenvalue weighted by Gasteiger charge is 2.20. The van der Waals surface area contributed by atoms with Gasteiger partial charge in [-0.25, -0.2) is 4.98 Å². The standard InChI is InChI=1S/C38H28N4/c1-4-12-25(13-5-1)38-30-21-27-20-26-14-10-11-19-32(26)41-33(27)23-34(30)42-35-24-37(40-29-17-8-3-9-18-29)36(22-31(35)38)39-28-15-6-2-7-16-28/h1-19,21-24,39-41H,20H2. The van der Waals surface area contributed by atoms with Crippen molar-refractivity contribution in [1.29, 1.82) is 0 Å². The smallest absolute Gasteiger partial charge is 0.0738 e. The quantitative estimate of drug-likeness (QED) is 0.190. The molecular weight excluding hydrogens is 512 g/mol. The summed E-state index contributed by atoms with van der Waals surface area (Å²) in [5.41, 5.74) is 13.2. The Morgan fingerprint density at radius 2 is 1.07 bits per heavy atom. The van der Waals surface area contributed by atoms with Gasteiger partial charge in [0.1, 0.15) is 0 Å². The number of para-hydroxylation sites is 3. The van der Waals surface area contributed by atoms with Crippen LogP contribution in [0, 0.1) is 0 Å². The van der Waals surface area contributed by atoms with E-state index in [0.29, 0.717) is 0 Å². The van der Waals surface area contributed by atoms with Crippen LogP contribution in [0.5, 0.6) is 0 Å². The van der Waals surface area contributed by atoms with Crippen molar-refractivity contribution in [3.63, 3.8) is 0 Å². The molecule has 1 aliphatic rings. The van der Waals surface area contributed by atoms with Gasteiger partial charge >= 0.3 is 0 Å². The molecule has 0 unspecified atom stereocenters. The summed E-state index contributed by atoms with van der Waals surface area (Å²) >= 11 is 0. The van der Waals surface area contributed by atoms with Crippen LogP contribution in [-0.4, -0.2) is 4.98 Å². The maximum Gasteiger partial charge on any atom is 0.0738 e. The van der Waals surface area contributed by atoms with Gasteiger partial charge in [0.05, 0.1) is 22.4 Å². The highest BCUT2D eigenvalue weighted by atomic mass is 15.0. The van der Waals surface area contributed by atoms with Gasteiger partial charge in [0, 0.05) is 45.5 Å². The minimum atomic E-state index is 0.890. The van der Waals surface area contributed by atoms with E-state index in [2.05, 4.69) is 119 Å². The third-order valence-electron chi connectivity index (χ3n) is 7.97. The number of pyridine rings is 1. The van der Waals surface area contributed by atoms with E-state index >= 15 is 0 Å². The fourth-order valence-electron chi connectivity index (χ4n) is 5.97. The Labute approximate surface area is 244 Å². The van der Waals surface area contributed by atoms with Gasteiger partial charge < -0.3 is 16.0 Å². The molecule has 7 aromatic rings. The summed E-state index contributed by atoms with van der Waals surface area (Å²) in [7, 11) is 0. The third-order valence-corrected chi connectivity index (χ3v) is 7.97. The lowest BCUT2D eigenvalue weighted by molar-refractivity contribution is 1.16. The van der Waals surface area contributed by atoms with E-state index in [1.807, 2.05) is 36.4 Å². The van der Waals surface area contributed by atoms with Crippen LogP contribution >= 0.6 is 0 Å². The molecule has 42 heavy (non-hydrogen) atoms. The van der Waals surface area contributed by atoms with E-state index in [1.54, 1.807) is 0 Å². The van der Waals surface area contributed by atoms with Crippen LogP contribution in [0.2, 0.25) is 0 Å². The molecule has 200 valence electrons. The molecular formula is C38H28N4. The Kier molecular flexibility index (Phi) is 5.82. The number of benzene rings is 6. The molecule has 0 atom stereocenters. The van der Waals surface area contributed by atoms with Gasteiger partial charge in [-0.1, -0.05) is 84.9 Å². The Morgan fingerprint density at radius 1 is 0.500 bits per heavy atom. The van der Waals surface area contributed by atoms with Crippen LogP contribution in [0.3, 0.4) is 0 Å². The van der Waals surface area contributed by atoms with E-state index < -0.39 is 0 Å². The van der Waals surface area contributed by atoms with Crippen molar-refractivity contribution < 1.29 is 0 Å². The molecule has 4 nitrogen and oxygen atoms in total. The highest BCUT2D eigenvalue weighted by molar-refractivity contribution is 6.12. The molecule has 3 N–H and O–H groups in total. The number of nitrogens with one attached hydrogen (secondary N) is 3. The Morgan fingerprint density at radius 3 is 1.79 bits per heavy atom. The van der Waals surface area contributed by atoms with Crippen molar-refractivity contribution in [2.45, 2.75) is 6.42 Å². The normalized spacial score (nSPS) is 11.9. The Bertz CT molecular complexity index is 2070. The molecule has 8 rings (SSSR count). The molecule has 1 aliphatic heterocycles. The van der Waals surface area contributed by atoms with Crippen molar-refractivity contribution >= 4 is 55.9 Å². The molecule has 1 aromatic heterocycles. The van der Waals surface area contributed by atoms with Gasteiger partial charge in [0.15, 0.2) is 0 Å². The van der Waals surface area contributed by atoms with Crippen LogP contribution in [0.1, 0.15) is 11.1 Å². The van der Waals surface area contributed by atoms with Crippen molar-refractivity contribution in [3.05, 3.63) is 151 Å². The minimum Gasteiger partial charge on any atom is -0.355 e. The van der Waals surface area contributed by atoms with Crippen molar-refractivity contribution in [3.8, 4) is 11.1 Å². The molecule has 0 aliphatic carbocycles. The molecule has 0 saturated heterocycles. The number of hydrogen-bond donors (Lipinski definition) is 3. The predicted molar refractivity (Wildman–Crippen MR) is 177 cm³/mol. The number of fused-ring (bicyclic) bond motifs is 4. The van der Waals surface area contributed by atoms with Gasteiger partial charge in [-0.05, 0) is 71.3 Å². The first-order valence-corrected chi connectivity index (χ1v) is 14.3. The van der Waals surface area contributed by atoms with Crippen molar-refractivity contribution in [1.82, 2.24) is 4.98 Å². The average Bonchev–Trinajstić information content (AvgIpc) is 3.03. The molecule has 0 fully saturated rings. The maximum atomic E-state index is 5.27. The molecule has 0 saturated carbocycles. The molecule has 0 bridgehead atoms. The van der Waals surface area contributed by atoms with Gasteiger partial charge in [-0.3, -0.25) is 0 Å². The number of anilines is 6. The van der Waals surface area contributed by atoms with Crippen molar-refractivity contribution in [2.75, 3.05) is 16.0 Å². The zero-order valence-electron chi connectivity index (χ0n) is 22.9. The number of hydrogen-bond acceptors (Lipinski definition) is 4. The molecule has 6 aromatic carbocycles. The maximum absolute atomic E-state index is 5.27. The lowest BCUT2D eigenvalue weighted by Crippen LogP contribution is -2.07. The van der Waals surface area contributed by atoms with Crippen LogP contribution in [0.4, 0.5) is 34.1 Å². The second kappa shape index (κ2) is 10.1. The third kappa shape index (κ3) is 4.40. The number of rotatable bonds is 5. The van der Waals surface area contributed by atoms with E-state index in [0.717, 1.165) is 56.7 Å². The second-order valence-corrected chi connectivity index (χ2v) is 10.7. The summed E-state index contributed by atoms with van der Waals surface area (Å²) in [5, 5.41) is 13.2. The first-order valence-electron chi connectivity index (χ1n) is 14.3. The Hall–Kier alpha value is -5.61. The summed E-state index contributed by atoms with van der Waals surface area (Å²) in [5.74, 6) is 0. The first-order chi connectivity index (χ1) is 20.8. The molecule has 4 heteroatoms. The van der Waals surface area contributed by atoms with Crippen LogP contribution < -0.4 is 16.0 Å². The molecule has 0 amide bonds. The SMILES string of the molecule is c1ccc(Nc2cc3nc4cc5c(cc4c(-c4ccccc4)c3cc2Nc2ccccc2)Cc2ccccc2N5)cc1. The Balaban J connectivity index is 1.38. The van der Waals surface area contributed by atoms with E-state index in [-0.39, 0.29) is 0 Å². The van der Waals surface area contributed by atoms with Gasteiger partial charge in [0.25, 0.3) is 0 Å². The minimum absolute atomic E-state index is 0.890. The fourth-order valence-corrected chi connectivity index (χ4v) is 5.97. The average molecular weight is 541 g/mol. The second-order valence-electron chi connectivity index (χ2n) is 10.7. The van der Waals surface area contributed by atoms with E-state index in [4.69, 9.17) is 4.98 Å². The monoisotopic (exact) mass is 540 g/mol.